The number of hydrogen-bond donors (Lipinski definition) is 0. The van der Waals surface area contributed by atoms with Crippen LogP contribution in [0, 0.1) is 5.41 Å². The second-order valence-electron chi connectivity index (χ2n) is 6.90. The van der Waals surface area contributed by atoms with Gasteiger partial charge >= 0.3 is 0 Å². The Labute approximate surface area is 125 Å². The molecular formula is C17H34N2O. The molecule has 118 valence electrons. The number of ether oxygens (including phenoxy) is 1. The van der Waals surface area contributed by atoms with Gasteiger partial charge in [-0.25, -0.2) is 0 Å². The van der Waals surface area contributed by atoms with Crippen LogP contribution in [0.3, 0.4) is 0 Å². The quantitative estimate of drug-likeness (QED) is 0.668. The molecule has 2 fully saturated rings. The monoisotopic (exact) mass is 282 g/mol. The summed E-state index contributed by atoms with van der Waals surface area (Å²) in [7, 11) is 2.27. The van der Waals surface area contributed by atoms with Gasteiger partial charge in [-0.15, -0.1) is 0 Å². The number of nitrogens with zero attached hydrogens (tertiary/aromatic N) is 2. The van der Waals surface area contributed by atoms with Crippen molar-refractivity contribution >= 4 is 0 Å². The van der Waals surface area contributed by atoms with E-state index in [0.717, 1.165) is 13.2 Å². The van der Waals surface area contributed by atoms with E-state index in [1.54, 1.807) is 0 Å². The van der Waals surface area contributed by atoms with Gasteiger partial charge in [-0.3, -0.25) is 0 Å². The van der Waals surface area contributed by atoms with Crippen molar-refractivity contribution in [2.75, 3.05) is 53.0 Å². The number of unbranched alkanes of at least 4 members (excludes halogenated alkanes) is 2. The van der Waals surface area contributed by atoms with Crippen LogP contribution in [-0.4, -0.2) is 62.8 Å². The Hall–Kier alpha value is -0.120. The standard InChI is InChI=1S/C17H34N2O/c1-3-20-16-6-4-5-11-19-14-9-17(10-15-19)7-12-18(2)13-8-17/h3-16H2,1-2H3. The van der Waals surface area contributed by atoms with E-state index in [4.69, 9.17) is 4.74 Å². The fourth-order valence-corrected chi connectivity index (χ4v) is 3.70. The number of rotatable bonds is 7. The largest absolute Gasteiger partial charge is 0.382 e. The summed E-state index contributed by atoms with van der Waals surface area (Å²) in [5.41, 5.74) is 0.706. The molecule has 0 saturated carbocycles. The average Bonchev–Trinajstić information content (AvgIpc) is 2.48. The summed E-state index contributed by atoms with van der Waals surface area (Å²) >= 11 is 0. The minimum atomic E-state index is 0.706. The van der Waals surface area contributed by atoms with Crippen molar-refractivity contribution in [3.63, 3.8) is 0 Å². The van der Waals surface area contributed by atoms with Crippen LogP contribution in [0.1, 0.15) is 51.9 Å². The van der Waals surface area contributed by atoms with Gasteiger partial charge in [-0.2, -0.15) is 0 Å². The molecule has 0 radical (unpaired) electrons. The number of hydrogen-bond acceptors (Lipinski definition) is 3. The highest BCUT2D eigenvalue weighted by Crippen LogP contribution is 2.40. The minimum absolute atomic E-state index is 0.706. The zero-order chi connectivity index (χ0) is 14.3. The van der Waals surface area contributed by atoms with Gasteiger partial charge in [0.1, 0.15) is 0 Å². The van der Waals surface area contributed by atoms with Crippen LogP contribution in [0.25, 0.3) is 0 Å². The molecule has 3 nitrogen and oxygen atoms in total. The van der Waals surface area contributed by atoms with E-state index in [-0.39, 0.29) is 0 Å². The molecule has 0 bridgehead atoms. The van der Waals surface area contributed by atoms with Crippen molar-refractivity contribution < 1.29 is 4.74 Å². The third kappa shape index (κ3) is 5.01. The Morgan fingerprint density at radius 3 is 2.20 bits per heavy atom. The van der Waals surface area contributed by atoms with Gasteiger partial charge in [0.2, 0.25) is 0 Å². The summed E-state index contributed by atoms with van der Waals surface area (Å²) in [4.78, 5) is 5.19. The Kier molecular flexibility index (Phi) is 6.79. The zero-order valence-electron chi connectivity index (χ0n) is 13.7. The first-order valence-electron chi connectivity index (χ1n) is 8.73. The smallest absolute Gasteiger partial charge is 0.0465 e. The van der Waals surface area contributed by atoms with Crippen molar-refractivity contribution in [2.24, 2.45) is 5.41 Å². The predicted octanol–water partition coefficient (Wildman–Crippen LogP) is 3.00. The lowest BCUT2D eigenvalue weighted by atomic mass is 9.71. The second kappa shape index (κ2) is 8.35. The van der Waals surface area contributed by atoms with Crippen LogP contribution < -0.4 is 0 Å². The van der Waals surface area contributed by atoms with Crippen molar-refractivity contribution in [1.29, 1.82) is 0 Å². The summed E-state index contributed by atoms with van der Waals surface area (Å²) in [6.07, 6.45) is 9.67. The molecule has 2 rings (SSSR count). The zero-order valence-corrected chi connectivity index (χ0v) is 13.7. The average molecular weight is 282 g/mol. The van der Waals surface area contributed by atoms with Gasteiger partial charge in [-0.05, 0) is 97.1 Å². The molecule has 2 aliphatic rings. The summed E-state index contributed by atoms with van der Waals surface area (Å²) in [5.74, 6) is 0. The fourth-order valence-electron chi connectivity index (χ4n) is 3.70. The van der Waals surface area contributed by atoms with E-state index >= 15 is 0 Å². The molecule has 20 heavy (non-hydrogen) atoms. The van der Waals surface area contributed by atoms with Crippen molar-refractivity contribution in [3.8, 4) is 0 Å². The number of likely N-dealkylation sites (tertiary alicyclic amines) is 2. The summed E-state index contributed by atoms with van der Waals surface area (Å²) in [6, 6.07) is 0. The number of piperidine rings is 2. The van der Waals surface area contributed by atoms with Gasteiger partial charge in [0.15, 0.2) is 0 Å². The van der Waals surface area contributed by atoms with E-state index in [1.165, 1.54) is 77.7 Å². The molecule has 0 aromatic carbocycles. The van der Waals surface area contributed by atoms with E-state index in [0.29, 0.717) is 5.41 Å². The van der Waals surface area contributed by atoms with Crippen LogP contribution in [0.15, 0.2) is 0 Å². The lowest BCUT2D eigenvalue weighted by Crippen LogP contribution is -2.46. The molecule has 1 spiro atoms. The van der Waals surface area contributed by atoms with Crippen LogP contribution in [-0.2, 0) is 4.74 Å². The Morgan fingerprint density at radius 2 is 1.55 bits per heavy atom. The third-order valence-electron chi connectivity index (χ3n) is 5.43. The van der Waals surface area contributed by atoms with E-state index in [9.17, 15) is 0 Å². The predicted molar refractivity (Wildman–Crippen MR) is 85.2 cm³/mol. The maximum atomic E-state index is 5.39. The molecule has 3 heteroatoms. The first kappa shape index (κ1) is 16.3. The topological polar surface area (TPSA) is 15.7 Å². The Balaban J connectivity index is 1.55. The van der Waals surface area contributed by atoms with Crippen molar-refractivity contribution in [3.05, 3.63) is 0 Å². The highest BCUT2D eigenvalue weighted by Gasteiger charge is 2.36. The molecule has 2 heterocycles. The third-order valence-corrected chi connectivity index (χ3v) is 5.43. The summed E-state index contributed by atoms with van der Waals surface area (Å²) in [6.45, 7) is 10.5. The molecule has 2 aliphatic heterocycles. The molecule has 0 aromatic heterocycles. The highest BCUT2D eigenvalue weighted by atomic mass is 16.5. The van der Waals surface area contributed by atoms with Gasteiger partial charge in [-0.1, -0.05) is 0 Å². The lowest BCUT2D eigenvalue weighted by Gasteiger charge is -2.46. The molecule has 2 saturated heterocycles. The fraction of sp³-hybridized carbons (Fsp3) is 1.00. The molecular weight excluding hydrogens is 248 g/mol. The molecule has 0 aliphatic carbocycles. The van der Waals surface area contributed by atoms with Crippen LogP contribution in [0.4, 0.5) is 0 Å². The van der Waals surface area contributed by atoms with Gasteiger partial charge in [0.05, 0.1) is 0 Å². The van der Waals surface area contributed by atoms with Crippen molar-refractivity contribution in [2.45, 2.75) is 51.9 Å². The van der Waals surface area contributed by atoms with E-state index in [2.05, 4.69) is 23.8 Å². The molecule has 0 N–H and O–H groups in total. The Morgan fingerprint density at radius 1 is 0.900 bits per heavy atom. The molecule has 0 aromatic rings. The Bertz CT molecular complexity index is 252. The van der Waals surface area contributed by atoms with Crippen LogP contribution in [0.5, 0.6) is 0 Å². The first-order chi connectivity index (χ1) is 9.74. The summed E-state index contributed by atoms with van der Waals surface area (Å²) in [5, 5.41) is 0. The van der Waals surface area contributed by atoms with Crippen LogP contribution >= 0.6 is 0 Å². The van der Waals surface area contributed by atoms with Crippen LogP contribution in [0.2, 0.25) is 0 Å². The van der Waals surface area contributed by atoms with Gasteiger partial charge in [0, 0.05) is 13.2 Å². The van der Waals surface area contributed by atoms with Gasteiger partial charge in [0.25, 0.3) is 0 Å². The molecule has 0 amide bonds. The summed E-state index contributed by atoms with van der Waals surface area (Å²) < 4.78 is 5.39. The normalized spacial score (nSPS) is 24.3. The first-order valence-corrected chi connectivity index (χ1v) is 8.73. The SMILES string of the molecule is CCOCCCCCN1CCC2(CCN(C)CC2)CC1. The van der Waals surface area contributed by atoms with Crippen molar-refractivity contribution in [1.82, 2.24) is 9.80 Å². The van der Waals surface area contributed by atoms with Gasteiger partial charge < -0.3 is 14.5 Å². The van der Waals surface area contributed by atoms with E-state index < -0.39 is 0 Å². The second-order valence-corrected chi connectivity index (χ2v) is 6.90. The maximum Gasteiger partial charge on any atom is 0.0465 e. The maximum absolute atomic E-state index is 5.39. The minimum Gasteiger partial charge on any atom is -0.382 e. The lowest BCUT2D eigenvalue weighted by molar-refractivity contribution is 0.0420. The van der Waals surface area contributed by atoms with E-state index in [1.807, 2.05) is 0 Å². The molecule has 0 unspecified atom stereocenters. The highest BCUT2D eigenvalue weighted by molar-refractivity contribution is 4.89. The molecule has 0 atom stereocenters.